The van der Waals surface area contributed by atoms with Gasteiger partial charge in [-0.15, -0.1) is 0 Å². The summed E-state index contributed by atoms with van der Waals surface area (Å²) in [6.07, 6.45) is -0.340. The van der Waals surface area contributed by atoms with E-state index in [1.807, 2.05) is 54.6 Å². The van der Waals surface area contributed by atoms with E-state index < -0.39 is 6.10 Å². The summed E-state index contributed by atoms with van der Waals surface area (Å²) < 4.78 is 5.38. The molecule has 1 aliphatic rings. The third kappa shape index (κ3) is 3.28. The molecule has 2 aromatic carbocycles. The molecule has 4 nitrogen and oxygen atoms in total. The van der Waals surface area contributed by atoms with E-state index in [2.05, 4.69) is 0 Å². The van der Waals surface area contributed by atoms with Crippen molar-refractivity contribution in [1.29, 1.82) is 0 Å². The first-order chi connectivity index (χ1) is 10.7. The second kappa shape index (κ2) is 6.62. The molecule has 1 amide bonds. The molecule has 3 rings (SSSR count). The number of ether oxygens (including phenoxy) is 1. The highest BCUT2D eigenvalue weighted by Gasteiger charge is 2.24. The van der Waals surface area contributed by atoms with E-state index in [-0.39, 0.29) is 12.7 Å². The van der Waals surface area contributed by atoms with E-state index >= 15 is 0 Å². The molecule has 0 aliphatic carbocycles. The van der Waals surface area contributed by atoms with E-state index in [0.717, 1.165) is 16.7 Å². The number of hydrogen-bond donors (Lipinski definition) is 1. The van der Waals surface area contributed by atoms with Crippen molar-refractivity contribution in [2.75, 3.05) is 6.54 Å². The Balaban J connectivity index is 1.66. The third-order valence-electron chi connectivity index (χ3n) is 3.91. The molecule has 114 valence electrons. The normalized spacial score (nSPS) is 17.5. The van der Waals surface area contributed by atoms with Gasteiger partial charge in [-0.1, -0.05) is 54.6 Å². The van der Waals surface area contributed by atoms with Crippen LogP contribution in [0.1, 0.15) is 29.2 Å². The maximum atomic E-state index is 12.3. The molecule has 1 aliphatic heterocycles. The van der Waals surface area contributed by atoms with Gasteiger partial charge in [0.2, 0.25) is 0 Å². The number of carbonyl (C=O) groups is 1. The van der Waals surface area contributed by atoms with Gasteiger partial charge < -0.3 is 14.7 Å². The molecule has 0 bridgehead atoms. The number of benzene rings is 2. The minimum absolute atomic E-state index is 0.264. The van der Waals surface area contributed by atoms with Crippen LogP contribution in [0.3, 0.4) is 0 Å². The zero-order valence-corrected chi connectivity index (χ0v) is 12.3. The Morgan fingerprint density at radius 2 is 1.86 bits per heavy atom. The molecule has 0 spiro atoms. The number of nitrogens with zero attached hydrogens (tertiary/aromatic N) is 1. The highest BCUT2D eigenvalue weighted by molar-refractivity contribution is 5.68. The van der Waals surface area contributed by atoms with Crippen LogP contribution >= 0.6 is 0 Å². The molecule has 0 fully saturated rings. The van der Waals surface area contributed by atoms with E-state index in [1.165, 1.54) is 0 Å². The van der Waals surface area contributed by atoms with Gasteiger partial charge in [0.05, 0.1) is 6.10 Å². The van der Waals surface area contributed by atoms with Crippen molar-refractivity contribution in [2.24, 2.45) is 0 Å². The largest absolute Gasteiger partial charge is 0.445 e. The van der Waals surface area contributed by atoms with Crippen molar-refractivity contribution in [3.63, 3.8) is 0 Å². The van der Waals surface area contributed by atoms with Gasteiger partial charge in [0, 0.05) is 13.1 Å². The number of amides is 1. The molecule has 0 radical (unpaired) electrons. The minimum Gasteiger partial charge on any atom is -0.445 e. The number of fused-ring (bicyclic) bond motifs is 1. The van der Waals surface area contributed by atoms with Crippen LogP contribution in [0.5, 0.6) is 0 Å². The van der Waals surface area contributed by atoms with E-state index in [9.17, 15) is 9.90 Å². The molecule has 0 saturated carbocycles. The molecule has 1 N–H and O–H groups in total. The Bertz CT molecular complexity index is 642. The maximum Gasteiger partial charge on any atom is 0.410 e. The number of hydrogen-bond acceptors (Lipinski definition) is 3. The van der Waals surface area contributed by atoms with Crippen molar-refractivity contribution in [3.05, 3.63) is 71.3 Å². The Kier molecular flexibility index (Phi) is 4.39. The van der Waals surface area contributed by atoms with Crippen molar-refractivity contribution < 1.29 is 14.6 Å². The van der Waals surface area contributed by atoms with Crippen LogP contribution in [0, 0.1) is 0 Å². The summed E-state index contributed by atoms with van der Waals surface area (Å²) >= 11 is 0. The summed E-state index contributed by atoms with van der Waals surface area (Å²) in [6, 6.07) is 17.3. The van der Waals surface area contributed by atoms with Crippen LogP contribution in [0.25, 0.3) is 0 Å². The smallest absolute Gasteiger partial charge is 0.410 e. The number of aliphatic hydroxyl groups is 1. The summed E-state index contributed by atoms with van der Waals surface area (Å²) in [5, 5.41) is 10.2. The molecular weight excluding hydrogens is 278 g/mol. The fraction of sp³-hybridized carbons (Fsp3) is 0.278. The standard InChI is InChI=1S/C18H19NO3/c20-17-10-11-19(12-15-8-4-5-9-16(15)17)18(21)22-13-14-6-2-1-3-7-14/h1-9,17,20H,10-13H2. The lowest BCUT2D eigenvalue weighted by Crippen LogP contribution is -2.31. The Morgan fingerprint density at radius 3 is 2.68 bits per heavy atom. The zero-order chi connectivity index (χ0) is 15.4. The lowest BCUT2D eigenvalue weighted by molar-refractivity contribution is 0.0883. The Morgan fingerprint density at radius 1 is 1.14 bits per heavy atom. The van der Waals surface area contributed by atoms with E-state index in [0.29, 0.717) is 19.5 Å². The average Bonchev–Trinajstić information content (AvgIpc) is 2.73. The van der Waals surface area contributed by atoms with Crippen LogP contribution < -0.4 is 0 Å². The number of carbonyl (C=O) groups excluding carboxylic acids is 1. The predicted molar refractivity (Wildman–Crippen MR) is 83.1 cm³/mol. The predicted octanol–water partition coefficient (Wildman–Crippen LogP) is 3.26. The fourth-order valence-corrected chi connectivity index (χ4v) is 2.69. The molecule has 1 unspecified atom stereocenters. The van der Waals surface area contributed by atoms with Gasteiger partial charge in [-0.3, -0.25) is 0 Å². The zero-order valence-electron chi connectivity index (χ0n) is 12.3. The van der Waals surface area contributed by atoms with E-state index in [1.54, 1.807) is 4.90 Å². The van der Waals surface area contributed by atoms with Gasteiger partial charge in [-0.2, -0.15) is 0 Å². The van der Waals surface area contributed by atoms with Crippen LogP contribution in [0.15, 0.2) is 54.6 Å². The first kappa shape index (κ1) is 14.6. The van der Waals surface area contributed by atoms with Crippen molar-refractivity contribution in [3.8, 4) is 0 Å². The van der Waals surface area contributed by atoms with E-state index in [4.69, 9.17) is 4.74 Å². The fourth-order valence-electron chi connectivity index (χ4n) is 2.69. The maximum absolute atomic E-state index is 12.3. The van der Waals surface area contributed by atoms with Crippen LogP contribution in [-0.4, -0.2) is 22.6 Å². The lowest BCUT2D eigenvalue weighted by Gasteiger charge is -2.20. The van der Waals surface area contributed by atoms with Crippen LogP contribution in [0.4, 0.5) is 4.79 Å². The first-order valence-corrected chi connectivity index (χ1v) is 7.45. The molecule has 0 aromatic heterocycles. The molecule has 1 heterocycles. The number of aliphatic hydroxyl groups excluding tert-OH is 1. The minimum atomic E-state index is -0.525. The quantitative estimate of drug-likeness (QED) is 0.925. The summed E-state index contributed by atoms with van der Waals surface area (Å²) in [5.41, 5.74) is 2.84. The monoisotopic (exact) mass is 297 g/mol. The summed E-state index contributed by atoms with van der Waals surface area (Å²) in [5.74, 6) is 0. The number of rotatable bonds is 2. The first-order valence-electron chi connectivity index (χ1n) is 7.45. The van der Waals surface area contributed by atoms with Crippen LogP contribution in [0.2, 0.25) is 0 Å². The molecule has 22 heavy (non-hydrogen) atoms. The average molecular weight is 297 g/mol. The Hall–Kier alpha value is -2.33. The summed E-state index contributed by atoms with van der Waals surface area (Å²) in [6.45, 7) is 1.23. The molecule has 2 aromatic rings. The van der Waals surface area contributed by atoms with Gasteiger partial charge in [-0.25, -0.2) is 4.79 Å². The Labute approximate surface area is 130 Å². The lowest BCUT2D eigenvalue weighted by atomic mass is 10.0. The van der Waals surface area contributed by atoms with Gasteiger partial charge in [0.1, 0.15) is 6.61 Å². The second-order valence-electron chi connectivity index (χ2n) is 5.47. The highest BCUT2D eigenvalue weighted by atomic mass is 16.6. The van der Waals surface area contributed by atoms with Crippen molar-refractivity contribution in [2.45, 2.75) is 25.7 Å². The van der Waals surface area contributed by atoms with Gasteiger partial charge in [-0.05, 0) is 23.1 Å². The second-order valence-corrected chi connectivity index (χ2v) is 5.47. The van der Waals surface area contributed by atoms with Crippen LogP contribution in [-0.2, 0) is 17.9 Å². The molecule has 0 saturated heterocycles. The van der Waals surface area contributed by atoms with Gasteiger partial charge >= 0.3 is 6.09 Å². The highest BCUT2D eigenvalue weighted by Crippen LogP contribution is 2.26. The van der Waals surface area contributed by atoms with Crippen molar-refractivity contribution >= 4 is 6.09 Å². The van der Waals surface area contributed by atoms with Gasteiger partial charge in [0.15, 0.2) is 0 Å². The SMILES string of the molecule is O=C(OCc1ccccc1)N1CCC(O)c2ccccc2C1. The summed E-state index contributed by atoms with van der Waals surface area (Å²) in [4.78, 5) is 13.9. The van der Waals surface area contributed by atoms with Gasteiger partial charge in [0.25, 0.3) is 0 Å². The third-order valence-corrected chi connectivity index (χ3v) is 3.91. The molecular formula is C18H19NO3. The van der Waals surface area contributed by atoms with Crippen molar-refractivity contribution in [1.82, 2.24) is 4.90 Å². The topological polar surface area (TPSA) is 49.8 Å². The molecule has 1 atom stereocenters. The summed E-state index contributed by atoms with van der Waals surface area (Å²) in [7, 11) is 0. The molecule has 4 heteroatoms.